The minimum absolute atomic E-state index is 0.0117. The number of benzene rings is 3. The Morgan fingerprint density at radius 2 is 1.71 bits per heavy atom. The molecule has 0 radical (unpaired) electrons. The van der Waals surface area contributed by atoms with Gasteiger partial charge in [0.25, 0.3) is 5.91 Å². The third-order valence-corrected chi connectivity index (χ3v) is 7.65. The van der Waals surface area contributed by atoms with Gasteiger partial charge in [-0.15, -0.1) is 0 Å². The Kier molecular flexibility index (Phi) is 9.07. The number of nitrogens with one attached hydrogen (secondary N) is 1. The zero-order valence-corrected chi connectivity index (χ0v) is 21.6. The second-order valence-corrected chi connectivity index (χ2v) is 10.8. The lowest BCUT2D eigenvalue weighted by atomic mass is 10.1. The Balaban J connectivity index is 1.73. The highest BCUT2D eigenvalue weighted by Gasteiger charge is 2.23. The third-order valence-electron chi connectivity index (χ3n) is 5.83. The number of ether oxygens (including phenoxy) is 1. The Hall–Kier alpha value is -3.16. The predicted octanol–water partition coefficient (Wildman–Crippen LogP) is 4.97. The molecule has 0 spiro atoms. The highest BCUT2D eigenvalue weighted by molar-refractivity contribution is 7.89. The molecule has 3 rings (SSSR count). The van der Waals surface area contributed by atoms with E-state index in [0.717, 1.165) is 18.4 Å². The molecule has 0 saturated heterocycles. The summed E-state index contributed by atoms with van der Waals surface area (Å²) in [5.41, 5.74) is 3.32. The summed E-state index contributed by atoms with van der Waals surface area (Å²) in [5, 5.41) is 3.05. The van der Waals surface area contributed by atoms with Crippen molar-refractivity contribution in [3.05, 3.63) is 95.1 Å². The third kappa shape index (κ3) is 7.16. The van der Waals surface area contributed by atoms with Gasteiger partial charge in [0.2, 0.25) is 10.0 Å². The maximum Gasteiger partial charge on any atom is 0.251 e. The lowest BCUT2D eigenvalue weighted by molar-refractivity contribution is 0.0938. The Morgan fingerprint density at radius 3 is 2.37 bits per heavy atom. The highest BCUT2D eigenvalue weighted by atomic mass is 32.2. The number of hydrogen-bond donors (Lipinski definition) is 1. The molecular formula is C28H34N2O4S. The summed E-state index contributed by atoms with van der Waals surface area (Å²) in [6, 6.07) is 22.1. The number of carbonyl (C=O) groups excluding carboxylic acids is 1. The number of rotatable bonds is 11. The van der Waals surface area contributed by atoms with Crippen LogP contribution in [0.3, 0.4) is 0 Å². The first-order valence-electron chi connectivity index (χ1n) is 11.8. The van der Waals surface area contributed by atoms with Crippen LogP contribution in [0.25, 0.3) is 0 Å². The van der Waals surface area contributed by atoms with E-state index < -0.39 is 10.0 Å². The van der Waals surface area contributed by atoms with Crippen LogP contribution in [0.5, 0.6) is 5.75 Å². The van der Waals surface area contributed by atoms with Crippen LogP contribution >= 0.6 is 0 Å². The van der Waals surface area contributed by atoms with Gasteiger partial charge >= 0.3 is 0 Å². The topological polar surface area (TPSA) is 75.7 Å². The largest absolute Gasteiger partial charge is 0.494 e. The first-order chi connectivity index (χ1) is 16.7. The van der Waals surface area contributed by atoms with Gasteiger partial charge < -0.3 is 10.1 Å². The van der Waals surface area contributed by atoms with Crippen LogP contribution in [0.2, 0.25) is 0 Å². The zero-order valence-electron chi connectivity index (χ0n) is 20.8. The van der Waals surface area contributed by atoms with Gasteiger partial charge in [0.05, 0.1) is 11.5 Å². The van der Waals surface area contributed by atoms with Crippen LogP contribution in [0.15, 0.2) is 77.7 Å². The van der Waals surface area contributed by atoms with Crippen molar-refractivity contribution in [3.8, 4) is 5.75 Å². The van der Waals surface area contributed by atoms with Crippen LogP contribution in [-0.2, 0) is 23.0 Å². The molecular weight excluding hydrogens is 460 g/mol. The van der Waals surface area contributed by atoms with Crippen LogP contribution < -0.4 is 10.1 Å². The second kappa shape index (κ2) is 12.0. The van der Waals surface area contributed by atoms with E-state index >= 15 is 0 Å². The van der Waals surface area contributed by atoms with Crippen molar-refractivity contribution in [1.82, 2.24) is 9.62 Å². The molecule has 0 aliphatic rings. The maximum absolute atomic E-state index is 13.1. The number of amides is 1. The molecule has 3 aromatic rings. The highest BCUT2D eigenvalue weighted by Crippen LogP contribution is 2.25. The molecule has 186 valence electrons. The molecule has 0 bridgehead atoms. The molecule has 0 unspecified atom stereocenters. The van der Waals surface area contributed by atoms with Gasteiger partial charge in [-0.25, -0.2) is 8.42 Å². The van der Waals surface area contributed by atoms with Crippen molar-refractivity contribution in [2.24, 2.45) is 0 Å². The normalized spacial score (nSPS) is 12.4. The lowest BCUT2D eigenvalue weighted by Gasteiger charge is -2.20. The monoisotopic (exact) mass is 494 g/mol. The van der Waals surface area contributed by atoms with E-state index in [4.69, 9.17) is 4.74 Å². The van der Waals surface area contributed by atoms with Crippen molar-refractivity contribution >= 4 is 15.9 Å². The molecule has 7 heteroatoms. The van der Waals surface area contributed by atoms with Crippen molar-refractivity contribution in [2.75, 3.05) is 13.7 Å². The average Bonchev–Trinajstić information content (AvgIpc) is 2.84. The number of carbonyl (C=O) groups is 1. The summed E-state index contributed by atoms with van der Waals surface area (Å²) in [6.45, 7) is 6.27. The van der Waals surface area contributed by atoms with Gasteiger partial charge in [-0.1, -0.05) is 48.0 Å². The van der Waals surface area contributed by atoms with Crippen molar-refractivity contribution in [2.45, 2.75) is 51.1 Å². The SMILES string of the molecule is CCOc1ccc(C(=O)N[C@H](C)CCc2ccccc2)cc1CN(C)S(=O)(=O)c1ccc(C)cc1. The van der Waals surface area contributed by atoms with E-state index in [9.17, 15) is 13.2 Å². The van der Waals surface area contributed by atoms with E-state index in [2.05, 4.69) is 17.4 Å². The maximum atomic E-state index is 13.1. The number of nitrogens with zero attached hydrogens (tertiary/aromatic N) is 1. The molecule has 0 aliphatic carbocycles. The van der Waals surface area contributed by atoms with Crippen LogP contribution in [-0.4, -0.2) is 38.3 Å². The van der Waals surface area contributed by atoms with Gasteiger partial charge in [-0.05, 0) is 69.5 Å². The first-order valence-corrected chi connectivity index (χ1v) is 13.3. The van der Waals surface area contributed by atoms with Crippen LogP contribution in [0.1, 0.15) is 47.3 Å². The zero-order chi connectivity index (χ0) is 25.4. The molecule has 35 heavy (non-hydrogen) atoms. The number of aryl methyl sites for hydroxylation is 2. The minimum atomic E-state index is -3.69. The molecule has 0 aromatic heterocycles. The molecule has 0 fully saturated rings. The van der Waals surface area contributed by atoms with Gasteiger partial charge in [-0.2, -0.15) is 4.31 Å². The molecule has 1 N–H and O–H groups in total. The average molecular weight is 495 g/mol. The standard InChI is InChI=1S/C28H34N2O4S/c1-5-34-27-18-15-24(28(31)29-22(3)13-14-23-9-7-6-8-10-23)19-25(27)20-30(4)35(32,33)26-16-11-21(2)12-17-26/h6-12,15-19,22H,5,13-14,20H2,1-4H3,(H,29,31)/t22-/m1/s1. The molecule has 3 aromatic carbocycles. The van der Waals surface area contributed by atoms with Gasteiger partial charge in [-0.3, -0.25) is 4.79 Å². The van der Waals surface area contributed by atoms with E-state index in [0.29, 0.717) is 23.5 Å². The number of sulfonamides is 1. The summed E-state index contributed by atoms with van der Waals surface area (Å²) in [5.74, 6) is 0.367. The molecule has 6 nitrogen and oxygen atoms in total. The Bertz CT molecular complexity index is 1230. The summed E-state index contributed by atoms with van der Waals surface area (Å²) < 4.78 is 33.2. The van der Waals surface area contributed by atoms with Crippen LogP contribution in [0, 0.1) is 6.92 Å². The predicted molar refractivity (Wildman–Crippen MR) is 139 cm³/mol. The number of hydrogen-bond acceptors (Lipinski definition) is 4. The smallest absolute Gasteiger partial charge is 0.251 e. The van der Waals surface area contributed by atoms with Gasteiger partial charge in [0.1, 0.15) is 5.75 Å². The van der Waals surface area contributed by atoms with Crippen molar-refractivity contribution < 1.29 is 17.9 Å². The molecule has 0 aliphatic heterocycles. The fourth-order valence-electron chi connectivity index (χ4n) is 3.76. The fraction of sp³-hybridized carbons (Fsp3) is 0.321. The summed E-state index contributed by atoms with van der Waals surface area (Å²) >= 11 is 0. The van der Waals surface area contributed by atoms with E-state index in [-0.39, 0.29) is 23.4 Å². The minimum Gasteiger partial charge on any atom is -0.494 e. The van der Waals surface area contributed by atoms with Gasteiger partial charge in [0.15, 0.2) is 0 Å². The van der Waals surface area contributed by atoms with E-state index in [1.54, 1.807) is 42.5 Å². The quantitative estimate of drug-likeness (QED) is 0.409. The Labute approximate surface area is 209 Å². The molecule has 1 amide bonds. The fourth-order valence-corrected chi connectivity index (χ4v) is 4.91. The summed E-state index contributed by atoms with van der Waals surface area (Å²) in [6.07, 6.45) is 1.69. The molecule has 0 heterocycles. The summed E-state index contributed by atoms with van der Waals surface area (Å²) in [7, 11) is -2.16. The first kappa shape index (κ1) is 26.4. The van der Waals surface area contributed by atoms with E-state index in [1.165, 1.54) is 16.9 Å². The second-order valence-electron chi connectivity index (χ2n) is 8.73. The van der Waals surface area contributed by atoms with Gasteiger partial charge in [0, 0.05) is 30.8 Å². The summed E-state index contributed by atoms with van der Waals surface area (Å²) in [4.78, 5) is 13.2. The van der Waals surface area contributed by atoms with Crippen molar-refractivity contribution in [3.63, 3.8) is 0 Å². The van der Waals surface area contributed by atoms with E-state index in [1.807, 2.05) is 39.0 Å². The van der Waals surface area contributed by atoms with Crippen LogP contribution in [0.4, 0.5) is 0 Å². The molecule has 1 atom stereocenters. The van der Waals surface area contributed by atoms with Crippen molar-refractivity contribution in [1.29, 1.82) is 0 Å². The Morgan fingerprint density at radius 1 is 1.03 bits per heavy atom. The molecule has 0 saturated carbocycles. The lowest BCUT2D eigenvalue weighted by Crippen LogP contribution is -2.33.